The highest BCUT2D eigenvalue weighted by molar-refractivity contribution is 5.96. The third-order valence-corrected chi connectivity index (χ3v) is 10.6. The van der Waals surface area contributed by atoms with Crippen LogP contribution in [0.15, 0.2) is 84.0 Å². The van der Waals surface area contributed by atoms with Crippen molar-refractivity contribution >= 4 is 17.6 Å². The molecule has 48 heavy (non-hydrogen) atoms. The molecule has 2 aromatic carbocycles. The summed E-state index contributed by atoms with van der Waals surface area (Å²) in [6.45, 7) is 7.68. The first-order valence-electron chi connectivity index (χ1n) is 16.9. The van der Waals surface area contributed by atoms with E-state index in [1.807, 2.05) is 37.3 Å². The van der Waals surface area contributed by atoms with Gasteiger partial charge in [0.05, 0.1) is 18.9 Å². The Kier molecular flexibility index (Phi) is 8.64. The number of carbonyl (C=O) groups excluding carboxylic acids is 2. The van der Waals surface area contributed by atoms with Gasteiger partial charge in [0.25, 0.3) is 5.91 Å². The van der Waals surface area contributed by atoms with Gasteiger partial charge in [-0.15, -0.1) is 0 Å². The van der Waals surface area contributed by atoms with Crippen molar-refractivity contribution in [1.82, 2.24) is 15.3 Å². The van der Waals surface area contributed by atoms with Crippen LogP contribution in [0.2, 0.25) is 0 Å². The Morgan fingerprint density at radius 3 is 2.46 bits per heavy atom. The van der Waals surface area contributed by atoms with E-state index in [1.165, 1.54) is 11.1 Å². The van der Waals surface area contributed by atoms with Gasteiger partial charge in [-0.3, -0.25) is 9.59 Å². The summed E-state index contributed by atoms with van der Waals surface area (Å²) in [5.41, 5.74) is 6.83. The molecule has 3 aromatic rings. The van der Waals surface area contributed by atoms with Gasteiger partial charge in [0.1, 0.15) is 19.0 Å². The van der Waals surface area contributed by atoms with E-state index in [0.717, 1.165) is 48.3 Å². The lowest BCUT2D eigenvalue weighted by molar-refractivity contribution is -0.141. The molecule has 9 heteroatoms. The fourth-order valence-electron chi connectivity index (χ4n) is 8.50. The van der Waals surface area contributed by atoms with Gasteiger partial charge in [-0.05, 0) is 60.9 Å². The number of aromatic nitrogens is 2. The fraction of sp³-hybridized carbons (Fsp3) is 0.385. The van der Waals surface area contributed by atoms with Crippen molar-refractivity contribution < 1.29 is 24.2 Å². The number of aryl methyl sites for hydroxylation is 1. The molecule has 10 rings (SSSR count). The molecule has 2 aliphatic carbocycles. The summed E-state index contributed by atoms with van der Waals surface area (Å²) in [4.78, 5) is 38.6. The van der Waals surface area contributed by atoms with Crippen molar-refractivity contribution in [3.63, 3.8) is 0 Å². The van der Waals surface area contributed by atoms with Gasteiger partial charge in [-0.2, -0.15) is 0 Å². The van der Waals surface area contributed by atoms with Crippen LogP contribution in [0.3, 0.4) is 0 Å². The number of anilines is 1. The van der Waals surface area contributed by atoms with Crippen LogP contribution in [-0.4, -0.2) is 53.2 Å². The summed E-state index contributed by atoms with van der Waals surface area (Å²) in [5, 5.41) is 13.3. The normalized spacial score (nSPS) is 21.3. The molecule has 1 fully saturated rings. The van der Waals surface area contributed by atoms with Crippen molar-refractivity contribution in [2.45, 2.75) is 58.2 Å². The smallest absolute Gasteiger partial charge is 0.325 e. The molecule has 2 atom stereocenters. The Morgan fingerprint density at radius 1 is 1.06 bits per heavy atom. The maximum Gasteiger partial charge on any atom is 0.325 e. The number of piperidine rings is 1. The Morgan fingerprint density at radius 2 is 1.79 bits per heavy atom. The number of amides is 1. The average molecular weight is 647 g/mol. The number of allylic oxidation sites excluding steroid dienone is 6. The van der Waals surface area contributed by atoms with Crippen LogP contribution in [0.25, 0.3) is 0 Å². The van der Waals surface area contributed by atoms with Crippen LogP contribution in [0.5, 0.6) is 5.75 Å². The van der Waals surface area contributed by atoms with Gasteiger partial charge in [0.15, 0.2) is 11.4 Å². The molecule has 2 N–H and O–H groups in total. The van der Waals surface area contributed by atoms with Crippen molar-refractivity contribution in [1.29, 1.82) is 0 Å². The number of benzene rings is 2. The lowest BCUT2D eigenvalue weighted by atomic mass is 9.52. The van der Waals surface area contributed by atoms with Gasteiger partial charge in [-0.25, -0.2) is 9.97 Å². The third kappa shape index (κ3) is 5.40. The molecule has 248 valence electrons. The van der Waals surface area contributed by atoms with Gasteiger partial charge >= 0.3 is 5.97 Å². The molecular formula is C39H42N4O5. The molecule has 9 nitrogen and oxygen atoms in total. The highest BCUT2D eigenvalue weighted by Gasteiger charge is 2.56. The van der Waals surface area contributed by atoms with Crippen LogP contribution < -0.4 is 15.0 Å². The van der Waals surface area contributed by atoms with E-state index in [9.17, 15) is 14.7 Å². The quantitative estimate of drug-likeness (QED) is 0.264. The number of nitrogens with zero attached hydrogens (tertiary/aromatic N) is 3. The monoisotopic (exact) mass is 646 g/mol. The first-order chi connectivity index (χ1) is 23.3. The first-order valence-corrected chi connectivity index (χ1v) is 16.9. The summed E-state index contributed by atoms with van der Waals surface area (Å²) in [6.07, 6.45) is 10.8. The van der Waals surface area contributed by atoms with E-state index < -0.39 is 17.3 Å². The molecule has 0 radical (unpaired) electrons. The second-order valence-corrected chi connectivity index (χ2v) is 13.1. The minimum atomic E-state index is -0.526. The minimum Gasteiger partial charge on any atom is -0.485 e. The predicted octanol–water partition coefficient (Wildman–Crippen LogP) is 5.47. The largest absolute Gasteiger partial charge is 0.485 e. The Balaban J connectivity index is 1.36. The standard InChI is InChI=1S/C39H42N4O5/c1-4-47-33(45)21-40-38(46)35-36(48-23-26-8-6-5-7-9-26)25(3)41-37(42-35)24(2)39(34-27-10-11-28(34)13-12-27)30-16-18-43(19-17-30)32-15-14-31(39)20-29(32)22-44/h5-15,20,24,30,34,44H,4,16-19,21-23H2,1-3H3,(H,40,46). The SMILES string of the molecule is CCOC(=O)CNC(=O)c1nc(C(C)C2(C3C4=CC=C3C=C4)c3ccc(c(CO)c3)N3CCC2CC3)nc(C)c1OCc1ccccc1. The van der Waals surface area contributed by atoms with Crippen molar-refractivity contribution in [3.8, 4) is 5.75 Å². The molecule has 1 amide bonds. The highest BCUT2D eigenvalue weighted by atomic mass is 16.5. The number of esters is 1. The number of aliphatic hydroxyl groups excluding tert-OH is 1. The highest BCUT2D eigenvalue weighted by Crippen LogP contribution is 2.61. The molecular weight excluding hydrogens is 604 g/mol. The summed E-state index contributed by atoms with van der Waals surface area (Å²) < 4.78 is 11.3. The maximum absolute atomic E-state index is 13.8. The van der Waals surface area contributed by atoms with Crippen LogP contribution in [0.4, 0.5) is 5.69 Å². The molecule has 1 aromatic heterocycles. The third-order valence-electron chi connectivity index (χ3n) is 10.6. The van der Waals surface area contributed by atoms with E-state index in [1.54, 1.807) is 6.92 Å². The van der Waals surface area contributed by atoms with E-state index in [2.05, 4.69) is 59.6 Å². The molecule has 1 saturated heterocycles. The van der Waals surface area contributed by atoms with E-state index in [0.29, 0.717) is 11.5 Å². The number of ether oxygens (including phenoxy) is 2. The van der Waals surface area contributed by atoms with E-state index in [4.69, 9.17) is 19.4 Å². The number of hydrogen-bond acceptors (Lipinski definition) is 8. The molecule has 0 spiro atoms. The van der Waals surface area contributed by atoms with Crippen LogP contribution in [0, 0.1) is 18.8 Å². The number of fused-ring (bicyclic) bond motifs is 2. The predicted molar refractivity (Wildman–Crippen MR) is 183 cm³/mol. The van der Waals surface area contributed by atoms with Gasteiger partial charge in [0.2, 0.25) is 0 Å². The Hall–Kier alpha value is -4.76. The summed E-state index contributed by atoms with van der Waals surface area (Å²) in [5.74, 6) is -0.0941. The zero-order valence-corrected chi connectivity index (χ0v) is 27.7. The van der Waals surface area contributed by atoms with Crippen molar-refractivity contribution in [2.75, 3.05) is 31.1 Å². The molecule has 5 aliphatic heterocycles. The molecule has 6 heterocycles. The average Bonchev–Trinajstić information content (AvgIpc) is 3.75. The zero-order chi connectivity index (χ0) is 33.4. The Bertz CT molecular complexity index is 1800. The number of nitrogens with one attached hydrogen (secondary N) is 1. The second-order valence-electron chi connectivity index (χ2n) is 13.1. The number of hydrogen-bond donors (Lipinski definition) is 2. The summed E-state index contributed by atoms with van der Waals surface area (Å²) in [7, 11) is 0. The van der Waals surface area contributed by atoms with Gasteiger partial charge in [-0.1, -0.05) is 73.7 Å². The van der Waals surface area contributed by atoms with Crippen molar-refractivity contribution in [2.24, 2.45) is 11.8 Å². The lowest BCUT2D eigenvalue weighted by Crippen LogP contribution is -2.50. The molecule has 2 unspecified atom stereocenters. The molecule has 0 saturated carbocycles. The topological polar surface area (TPSA) is 114 Å². The second kappa shape index (κ2) is 13.0. The number of aliphatic hydroxyl groups is 1. The fourth-order valence-corrected chi connectivity index (χ4v) is 8.50. The Labute approximate surface area is 281 Å². The van der Waals surface area contributed by atoms with E-state index >= 15 is 0 Å². The molecule has 7 aliphatic rings. The van der Waals surface area contributed by atoms with Gasteiger partial charge < -0.3 is 24.8 Å². The lowest BCUT2D eigenvalue weighted by Gasteiger charge is -2.51. The zero-order valence-electron chi connectivity index (χ0n) is 27.7. The van der Waals surface area contributed by atoms with Crippen molar-refractivity contribution in [3.05, 3.63) is 118 Å². The number of rotatable bonds is 11. The van der Waals surface area contributed by atoms with Gasteiger partial charge in [0, 0.05) is 41.6 Å². The van der Waals surface area contributed by atoms with Crippen LogP contribution in [0.1, 0.15) is 71.3 Å². The first kappa shape index (κ1) is 31.8. The summed E-state index contributed by atoms with van der Waals surface area (Å²) in [6, 6.07) is 16.3. The number of carbonyl (C=O) groups is 2. The maximum atomic E-state index is 13.8. The van der Waals surface area contributed by atoms with E-state index in [-0.39, 0.29) is 55.6 Å². The van der Waals surface area contributed by atoms with Crippen LogP contribution >= 0.6 is 0 Å². The van der Waals surface area contributed by atoms with Crippen LogP contribution in [-0.2, 0) is 28.2 Å². The summed E-state index contributed by atoms with van der Waals surface area (Å²) >= 11 is 0. The molecule has 6 bridgehead atoms. The minimum absolute atomic E-state index is 0.0447.